The second kappa shape index (κ2) is 9.33. The molecule has 0 saturated carbocycles. The third-order valence-corrected chi connectivity index (χ3v) is 6.36. The highest BCUT2D eigenvalue weighted by molar-refractivity contribution is 6.09. The van der Waals surface area contributed by atoms with Crippen LogP contribution in [0.15, 0.2) is 89.9 Å². The van der Waals surface area contributed by atoms with E-state index < -0.39 is 0 Å². The van der Waals surface area contributed by atoms with Crippen LogP contribution in [0.25, 0.3) is 22.9 Å². The molecule has 33 heavy (non-hydrogen) atoms. The Bertz CT molecular complexity index is 1320. The van der Waals surface area contributed by atoms with Crippen LogP contribution in [0.4, 0.5) is 11.4 Å². The molecule has 0 heterocycles. The summed E-state index contributed by atoms with van der Waals surface area (Å²) < 4.78 is 0. The standard InChI is InChI=1S/C30H29N3/c1-2-8-24(19-21-9-4-3-5-10-21)25-12-6-13-26(20-25)32-30(31)33-28-18-17-23-16-15-22-11-7-14-27(28)29(22)23/h3-7,9-18,20,24H,2,8,19H2,1H3,(H3,31,32,33). The van der Waals surface area contributed by atoms with Gasteiger partial charge in [0.15, 0.2) is 5.96 Å². The lowest BCUT2D eigenvalue weighted by atomic mass is 9.88. The van der Waals surface area contributed by atoms with Gasteiger partial charge in [-0.3, -0.25) is 0 Å². The third-order valence-electron chi connectivity index (χ3n) is 6.36. The van der Waals surface area contributed by atoms with Crippen LogP contribution in [0.3, 0.4) is 0 Å². The molecule has 1 aliphatic rings. The molecule has 0 fully saturated rings. The van der Waals surface area contributed by atoms with Gasteiger partial charge in [0.2, 0.25) is 0 Å². The predicted octanol–water partition coefficient (Wildman–Crippen LogP) is 7.51. The minimum atomic E-state index is 0.397. The van der Waals surface area contributed by atoms with Gasteiger partial charge in [0.1, 0.15) is 0 Å². The molecule has 4 aromatic carbocycles. The van der Waals surface area contributed by atoms with E-state index in [0.717, 1.165) is 36.0 Å². The maximum Gasteiger partial charge on any atom is 0.198 e. The SMILES string of the molecule is CCCC(Cc1ccccc1)c1cccc(NC(N)=Nc2ccc3c4c(cccc24)C=C3)c1. The number of hydrogen-bond acceptors (Lipinski definition) is 1. The van der Waals surface area contributed by atoms with E-state index in [-0.39, 0.29) is 0 Å². The molecular formula is C30H29N3. The van der Waals surface area contributed by atoms with Crippen LogP contribution >= 0.6 is 0 Å². The van der Waals surface area contributed by atoms with Gasteiger partial charge in [-0.1, -0.05) is 92.2 Å². The van der Waals surface area contributed by atoms with Crippen molar-refractivity contribution in [3.05, 3.63) is 107 Å². The van der Waals surface area contributed by atoms with Gasteiger partial charge >= 0.3 is 0 Å². The maximum atomic E-state index is 6.35. The summed E-state index contributed by atoms with van der Waals surface area (Å²) in [7, 11) is 0. The highest BCUT2D eigenvalue weighted by atomic mass is 15.1. The van der Waals surface area contributed by atoms with Crippen LogP contribution in [0.5, 0.6) is 0 Å². The van der Waals surface area contributed by atoms with Crippen molar-refractivity contribution in [3.63, 3.8) is 0 Å². The number of rotatable bonds is 7. The van der Waals surface area contributed by atoms with Gasteiger partial charge in [0, 0.05) is 11.1 Å². The van der Waals surface area contributed by atoms with Crippen LogP contribution in [0, 0.1) is 0 Å². The minimum absolute atomic E-state index is 0.397. The third kappa shape index (κ3) is 4.54. The molecule has 0 amide bonds. The molecule has 1 unspecified atom stereocenters. The van der Waals surface area contributed by atoms with E-state index in [1.807, 2.05) is 6.07 Å². The van der Waals surface area contributed by atoms with Crippen molar-refractivity contribution >= 4 is 40.3 Å². The average molecular weight is 432 g/mol. The van der Waals surface area contributed by atoms with Gasteiger partial charge in [0.25, 0.3) is 0 Å². The maximum absolute atomic E-state index is 6.35. The van der Waals surface area contributed by atoms with Crippen LogP contribution in [-0.2, 0) is 6.42 Å². The number of benzene rings is 4. The Morgan fingerprint density at radius 3 is 2.48 bits per heavy atom. The second-order valence-corrected chi connectivity index (χ2v) is 8.70. The van der Waals surface area contributed by atoms with Crippen molar-refractivity contribution in [1.82, 2.24) is 0 Å². The number of nitrogens with two attached hydrogens (primary N) is 1. The largest absolute Gasteiger partial charge is 0.369 e. The molecule has 0 aromatic heterocycles. The minimum Gasteiger partial charge on any atom is -0.369 e. The van der Waals surface area contributed by atoms with Gasteiger partial charge in [-0.25, -0.2) is 4.99 Å². The summed E-state index contributed by atoms with van der Waals surface area (Å²) in [5.41, 5.74) is 13.4. The molecule has 0 spiro atoms. The lowest BCUT2D eigenvalue weighted by molar-refractivity contribution is 0.610. The molecule has 5 rings (SSSR count). The number of nitrogens with zero attached hydrogens (tertiary/aromatic N) is 1. The first-order valence-corrected chi connectivity index (χ1v) is 11.7. The molecular weight excluding hydrogens is 402 g/mol. The van der Waals surface area contributed by atoms with Crippen molar-refractivity contribution in [1.29, 1.82) is 0 Å². The zero-order chi connectivity index (χ0) is 22.6. The van der Waals surface area contributed by atoms with E-state index >= 15 is 0 Å². The van der Waals surface area contributed by atoms with Crippen LogP contribution in [0.2, 0.25) is 0 Å². The van der Waals surface area contributed by atoms with E-state index in [9.17, 15) is 0 Å². The Hall–Kier alpha value is -3.85. The van der Waals surface area contributed by atoms with Crippen molar-refractivity contribution in [2.24, 2.45) is 10.7 Å². The Kier molecular flexibility index (Phi) is 5.95. The lowest BCUT2D eigenvalue weighted by Crippen LogP contribution is -2.22. The van der Waals surface area contributed by atoms with Gasteiger partial charge in [-0.15, -0.1) is 0 Å². The number of hydrogen-bond donors (Lipinski definition) is 2. The fourth-order valence-electron chi connectivity index (χ4n) is 4.81. The number of aliphatic imine (C=N–C) groups is 1. The van der Waals surface area contributed by atoms with Crippen LogP contribution in [-0.4, -0.2) is 5.96 Å². The lowest BCUT2D eigenvalue weighted by Gasteiger charge is -2.18. The van der Waals surface area contributed by atoms with Gasteiger partial charge in [-0.2, -0.15) is 0 Å². The Morgan fingerprint density at radius 1 is 0.879 bits per heavy atom. The first-order chi connectivity index (χ1) is 16.2. The van der Waals surface area contributed by atoms with Crippen LogP contribution < -0.4 is 11.1 Å². The monoisotopic (exact) mass is 431 g/mol. The molecule has 1 aliphatic carbocycles. The topological polar surface area (TPSA) is 50.4 Å². The molecule has 164 valence electrons. The summed E-state index contributed by atoms with van der Waals surface area (Å²) in [5, 5.41) is 5.68. The van der Waals surface area contributed by atoms with E-state index in [1.165, 1.54) is 27.6 Å². The summed E-state index contributed by atoms with van der Waals surface area (Å²) in [5.74, 6) is 0.871. The van der Waals surface area contributed by atoms with Gasteiger partial charge in [0.05, 0.1) is 5.69 Å². The van der Waals surface area contributed by atoms with Crippen molar-refractivity contribution in [2.75, 3.05) is 5.32 Å². The average Bonchev–Trinajstić information content (AvgIpc) is 3.26. The Morgan fingerprint density at radius 2 is 1.67 bits per heavy atom. The molecule has 0 radical (unpaired) electrons. The van der Waals surface area contributed by atoms with Crippen LogP contribution in [0.1, 0.15) is 47.9 Å². The molecule has 0 saturated heterocycles. The van der Waals surface area contributed by atoms with E-state index in [0.29, 0.717) is 11.9 Å². The quantitative estimate of drug-likeness (QED) is 0.207. The van der Waals surface area contributed by atoms with Crippen molar-refractivity contribution in [2.45, 2.75) is 32.1 Å². The van der Waals surface area contributed by atoms with Gasteiger partial charge < -0.3 is 11.1 Å². The smallest absolute Gasteiger partial charge is 0.198 e. The fraction of sp³-hybridized carbons (Fsp3) is 0.167. The molecule has 0 bridgehead atoms. The van der Waals surface area contributed by atoms with Crippen molar-refractivity contribution in [3.8, 4) is 0 Å². The highest BCUT2D eigenvalue weighted by Crippen LogP contribution is 2.36. The zero-order valence-corrected chi connectivity index (χ0v) is 19.0. The Balaban J connectivity index is 1.38. The summed E-state index contributed by atoms with van der Waals surface area (Å²) >= 11 is 0. The first kappa shape index (κ1) is 21.0. The molecule has 3 heteroatoms. The highest BCUT2D eigenvalue weighted by Gasteiger charge is 2.14. The number of nitrogens with one attached hydrogen (secondary N) is 1. The molecule has 4 aromatic rings. The molecule has 0 aliphatic heterocycles. The second-order valence-electron chi connectivity index (χ2n) is 8.70. The fourth-order valence-corrected chi connectivity index (χ4v) is 4.81. The molecule has 3 N–H and O–H groups in total. The molecule has 1 atom stereocenters. The Labute approximate surface area is 195 Å². The summed E-state index contributed by atoms with van der Waals surface area (Å²) in [6, 6.07) is 29.8. The zero-order valence-electron chi connectivity index (χ0n) is 19.0. The molecule has 3 nitrogen and oxygen atoms in total. The normalized spacial score (nSPS) is 13.4. The van der Waals surface area contributed by atoms with E-state index in [4.69, 9.17) is 10.7 Å². The summed E-state index contributed by atoms with van der Waals surface area (Å²) in [6.45, 7) is 2.25. The van der Waals surface area contributed by atoms with E-state index in [1.54, 1.807) is 0 Å². The summed E-state index contributed by atoms with van der Waals surface area (Å²) in [6.07, 6.45) is 7.65. The van der Waals surface area contributed by atoms with Crippen molar-refractivity contribution < 1.29 is 0 Å². The van der Waals surface area contributed by atoms with Gasteiger partial charge in [-0.05, 0) is 64.6 Å². The van der Waals surface area contributed by atoms with E-state index in [2.05, 4.69) is 103 Å². The number of anilines is 1. The summed E-state index contributed by atoms with van der Waals surface area (Å²) in [4.78, 5) is 4.73. The predicted molar refractivity (Wildman–Crippen MR) is 142 cm³/mol. The first-order valence-electron chi connectivity index (χ1n) is 11.7. The number of guanidine groups is 1.